The van der Waals surface area contributed by atoms with Crippen molar-refractivity contribution in [3.63, 3.8) is 0 Å². The van der Waals surface area contributed by atoms with Gasteiger partial charge in [0.1, 0.15) is 0 Å². The molecule has 136 valence electrons. The fraction of sp³-hybridized carbons (Fsp3) is 0.474. The molecule has 0 aliphatic carbocycles. The molecule has 2 N–H and O–H groups in total. The topological polar surface area (TPSA) is 65.7 Å². The maximum atomic E-state index is 5.34. The summed E-state index contributed by atoms with van der Waals surface area (Å²) in [6.07, 6.45) is 0. The zero-order chi connectivity index (χ0) is 18.2. The maximum Gasteiger partial charge on any atom is 0.191 e. The van der Waals surface area contributed by atoms with Crippen LogP contribution in [0.2, 0.25) is 0 Å². The third-order valence-corrected chi connectivity index (χ3v) is 3.77. The van der Waals surface area contributed by atoms with Crippen molar-refractivity contribution in [2.45, 2.75) is 39.4 Å². The second-order valence-electron chi connectivity index (χ2n) is 6.71. The highest BCUT2D eigenvalue weighted by Crippen LogP contribution is 2.13. The number of aliphatic imine (C=N–C) groups is 1. The Hall–Kier alpha value is -2.34. The zero-order valence-corrected chi connectivity index (χ0v) is 15.8. The minimum Gasteiger partial charge on any atom is -0.359 e. The van der Waals surface area contributed by atoms with Gasteiger partial charge in [0, 0.05) is 26.2 Å². The Morgan fingerprint density at radius 3 is 2.52 bits per heavy atom. The van der Waals surface area contributed by atoms with Gasteiger partial charge in [-0.15, -0.1) is 0 Å². The summed E-state index contributed by atoms with van der Waals surface area (Å²) in [5, 5.41) is 10.6. The van der Waals surface area contributed by atoms with Gasteiger partial charge < -0.3 is 20.1 Å². The first-order valence-electron chi connectivity index (χ1n) is 8.60. The Kier molecular flexibility index (Phi) is 7.01. The monoisotopic (exact) mass is 343 g/mol. The van der Waals surface area contributed by atoms with Crippen LogP contribution in [-0.4, -0.2) is 37.2 Å². The van der Waals surface area contributed by atoms with Crippen molar-refractivity contribution >= 4 is 5.96 Å². The molecule has 0 aliphatic rings. The quantitative estimate of drug-likeness (QED) is 0.598. The molecule has 0 saturated heterocycles. The van der Waals surface area contributed by atoms with E-state index in [1.54, 1.807) is 7.05 Å². The van der Waals surface area contributed by atoms with E-state index >= 15 is 0 Å². The lowest BCUT2D eigenvalue weighted by atomic mass is 10.1. The average Bonchev–Trinajstić information content (AvgIpc) is 3.04. The molecule has 1 aromatic heterocycles. The normalized spacial score (nSPS) is 12.0. The molecule has 0 saturated carbocycles. The Bertz CT molecular complexity index is 691. The summed E-state index contributed by atoms with van der Waals surface area (Å²) in [7, 11) is 5.91. The number of hydrogen-bond donors (Lipinski definition) is 2. The molecule has 0 unspecified atom stereocenters. The number of benzene rings is 1. The molecule has 1 heterocycles. The fourth-order valence-corrected chi connectivity index (χ4v) is 2.46. The van der Waals surface area contributed by atoms with Crippen molar-refractivity contribution < 1.29 is 4.52 Å². The lowest BCUT2D eigenvalue weighted by molar-refractivity contribution is 0.372. The van der Waals surface area contributed by atoms with Crippen molar-refractivity contribution in [2.24, 2.45) is 4.99 Å². The highest BCUT2D eigenvalue weighted by atomic mass is 16.5. The summed E-state index contributed by atoms with van der Waals surface area (Å²) in [5.41, 5.74) is 3.50. The molecule has 0 aliphatic heterocycles. The highest BCUT2D eigenvalue weighted by molar-refractivity contribution is 5.79. The first kappa shape index (κ1) is 19.0. The molecule has 6 heteroatoms. The Morgan fingerprint density at radius 1 is 1.16 bits per heavy atom. The molecule has 0 amide bonds. The second-order valence-corrected chi connectivity index (χ2v) is 6.71. The second kappa shape index (κ2) is 9.22. The molecule has 0 fully saturated rings. The van der Waals surface area contributed by atoms with Crippen LogP contribution in [0.25, 0.3) is 0 Å². The number of nitrogens with zero attached hydrogens (tertiary/aromatic N) is 3. The number of rotatable bonds is 7. The smallest absolute Gasteiger partial charge is 0.191 e. The van der Waals surface area contributed by atoms with Gasteiger partial charge in [0.2, 0.25) is 0 Å². The Balaban J connectivity index is 1.85. The summed E-state index contributed by atoms with van der Waals surface area (Å²) in [6, 6.07) is 10.5. The fourth-order valence-electron chi connectivity index (χ4n) is 2.46. The molecule has 6 nitrogen and oxygen atoms in total. The molecule has 1 aromatic carbocycles. The lowest BCUT2D eigenvalue weighted by Crippen LogP contribution is -2.36. The van der Waals surface area contributed by atoms with Crippen molar-refractivity contribution in [3.8, 4) is 0 Å². The van der Waals surface area contributed by atoms with Crippen LogP contribution in [0.15, 0.2) is 39.8 Å². The maximum absolute atomic E-state index is 5.34. The summed E-state index contributed by atoms with van der Waals surface area (Å²) < 4.78 is 5.34. The standard InChI is InChI=1S/C19H29N5O/c1-14(2)18-10-17(25-23-18)12-22-19(20-3)21-11-15-7-6-8-16(9-15)13-24(4)5/h6-10,14H,11-13H2,1-5H3,(H2,20,21,22). The van der Waals surface area contributed by atoms with Crippen LogP contribution in [0.5, 0.6) is 0 Å². The van der Waals surface area contributed by atoms with E-state index in [-0.39, 0.29) is 0 Å². The van der Waals surface area contributed by atoms with E-state index in [1.807, 2.05) is 6.07 Å². The molecule has 0 bridgehead atoms. The Labute approximate surface area is 150 Å². The minimum absolute atomic E-state index is 0.365. The molecular formula is C19H29N5O. The summed E-state index contributed by atoms with van der Waals surface area (Å²) in [6.45, 7) is 6.40. The number of guanidine groups is 1. The summed E-state index contributed by atoms with van der Waals surface area (Å²) >= 11 is 0. The number of nitrogens with one attached hydrogen (secondary N) is 2. The molecular weight excluding hydrogens is 314 g/mol. The van der Waals surface area contributed by atoms with Crippen LogP contribution in [0.1, 0.15) is 42.3 Å². The van der Waals surface area contributed by atoms with E-state index in [2.05, 4.69) is 77.9 Å². The van der Waals surface area contributed by atoms with Crippen LogP contribution >= 0.6 is 0 Å². The van der Waals surface area contributed by atoms with Gasteiger partial charge in [-0.2, -0.15) is 0 Å². The van der Waals surface area contributed by atoms with Crippen molar-refractivity contribution in [1.82, 2.24) is 20.7 Å². The first-order valence-corrected chi connectivity index (χ1v) is 8.60. The SMILES string of the molecule is CN=C(NCc1cccc(CN(C)C)c1)NCc1cc(C(C)C)no1. The van der Waals surface area contributed by atoms with Gasteiger partial charge in [-0.3, -0.25) is 4.99 Å². The van der Waals surface area contributed by atoms with Crippen LogP contribution in [0.4, 0.5) is 0 Å². The predicted octanol–water partition coefficient (Wildman–Crippen LogP) is 2.72. The van der Waals surface area contributed by atoms with Gasteiger partial charge in [-0.1, -0.05) is 43.3 Å². The van der Waals surface area contributed by atoms with Gasteiger partial charge in [0.25, 0.3) is 0 Å². The largest absolute Gasteiger partial charge is 0.359 e. The highest BCUT2D eigenvalue weighted by Gasteiger charge is 2.08. The number of aromatic nitrogens is 1. The molecule has 0 radical (unpaired) electrons. The molecule has 25 heavy (non-hydrogen) atoms. The third-order valence-electron chi connectivity index (χ3n) is 3.77. The van der Waals surface area contributed by atoms with E-state index in [0.29, 0.717) is 19.0 Å². The Morgan fingerprint density at radius 2 is 1.88 bits per heavy atom. The van der Waals surface area contributed by atoms with Crippen LogP contribution < -0.4 is 10.6 Å². The van der Waals surface area contributed by atoms with Crippen LogP contribution in [0, 0.1) is 0 Å². The first-order chi connectivity index (χ1) is 12.0. The van der Waals surface area contributed by atoms with E-state index in [9.17, 15) is 0 Å². The summed E-state index contributed by atoms with van der Waals surface area (Å²) in [4.78, 5) is 6.42. The van der Waals surface area contributed by atoms with E-state index in [1.165, 1.54) is 11.1 Å². The van der Waals surface area contributed by atoms with E-state index in [4.69, 9.17) is 4.52 Å². The molecule has 2 aromatic rings. The average molecular weight is 343 g/mol. The van der Waals surface area contributed by atoms with Crippen molar-refractivity contribution in [1.29, 1.82) is 0 Å². The van der Waals surface area contributed by atoms with E-state index < -0.39 is 0 Å². The zero-order valence-electron chi connectivity index (χ0n) is 15.8. The van der Waals surface area contributed by atoms with Crippen molar-refractivity contribution in [3.05, 3.63) is 52.9 Å². The van der Waals surface area contributed by atoms with Gasteiger partial charge in [-0.25, -0.2) is 0 Å². The van der Waals surface area contributed by atoms with Crippen LogP contribution in [0.3, 0.4) is 0 Å². The van der Waals surface area contributed by atoms with Gasteiger partial charge in [-0.05, 0) is 31.1 Å². The minimum atomic E-state index is 0.365. The summed E-state index contributed by atoms with van der Waals surface area (Å²) in [5.74, 6) is 1.91. The molecule has 2 rings (SSSR count). The number of hydrogen-bond acceptors (Lipinski definition) is 4. The van der Waals surface area contributed by atoms with E-state index in [0.717, 1.165) is 24.0 Å². The third kappa shape index (κ3) is 6.23. The van der Waals surface area contributed by atoms with Gasteiger partial charge in [0.05, 0.1) is 12.2 Å². The van der Waals surface area contributed by atoms with Gasteiger partial charge >= 0.3 is 0 Å². The van der Waals surface area contributed by atoms with Crippen molar-refractivity contribution in [2.75, 3.05) is 21.1 Å². The van der Waals surface area contributed by atoms with Gasteiger partial charge in [0.15, 0.2) is 11.7 Å². The predicted molar refractivity (Wildman–Crippen MR) is 101 cm³/mol. The molecule has 0 atom stereocenters. The lowest BCUT2D eigenvalue weighted by Gasteiger charge is -2.13. The molecule has 0 spiro atoms. The van der Waals surface area contributed by atoms with Crippen LogP contribution in [-0.2, 0) is 19.6 Å².